The van der Waals surface area contributed by atoms with Crippen LogP contribution >= 0.6 is 7.82 Å². The zero-order valence-corrected chi connectivity index (χ0v) is 55.2. The quantitative estimate of drug-likeness (QED) is 0.0264. The van der Waals surface area contributed by atoms with E-state index in [4.69, 9.17) is 24.3 Å². The van der Waals surface area contributed by atoms with Gasteiger partial charge in [-0.05, 0) is 38.5 Å². The molecule has 0 spiro atoms. The predicted molar refractivity (Wildman–Crippen MR) is 349 cm³/mol. The highest BCUT2D eigenvalue weighted by molar-refractivity contribution is 7.47. The predicted octanol–water partition coefficient (Wildman–Crippen LogP) is 23.5. The smallest absolute Gasteiger partial charge is 0.462 e. The molecule has 0 bridgehead atoms. The number of hydrogen-bond acceptors (Lipinski definition) is 8. The number of rotatable bonds is 70. The Kier molecular flexibility index (Phi) is 66.8. The Morgan fingerprint density at radius 3 is 0.877 bits per heavy atom. The SMILES string of the molecule is CCCCCCCCCC/C=C\CCCCCCCCCCCCCCCCCCCCCCCC(=O)OC(COC(=O)CCCCCCCCCCCCCCCCCCCCCCCCCCCCC)COP(=O)(O)OCCN. The Morgan fingerprint density at radius 2 is 0.605 bits per heavy atom. The van der Waals surface area contributed by atoms with Gasteiger partial charge in [-0.3, -0.25) is 18.6 Å². The standard InChI is InChI=1S/C71H140NO8P/c1-3-5-7-9-11-13-15-17-19-21-23-25-27-29-31-32-33-34-35-36-38-40-42-44-46-48-50-52-54-56-58-60-62-64-71(74)80-69(68-79-81(75,76)78-66-65-72)67-77-70(73)63-61-59-57-55-53-51-49-47-45-43-41-39-37-30-28-26-24-22-20-18-16-14-12-10-8-6-4-2/h21,23,69H,3-20,22,24-68,72H2,1-2H3,(H,75,76)/b23-21-. The Labute approximate surface area is 504 Å². The van der Waals surface area contributed by atoms with Crippen LogP contribution < -0.4 is 5.73 Å². The molecule has 0 saturated heterocycles. The number of esters is 2. The Morgan fingerprint density at radius 1 is 0.358 bits per heavy atom. The lowest BCUT2D eigenvalue weighted by Gasteiger charge is -2.19. The molecule has 0 fully saturated rings. The highest BCUT2D eigenvalue weighted by atomic mass is 31.2. The maximum Gasteiger partial charge on any atom is 0.472 e. The van der Waals surface area contributed by atoms with Gasteiger partial charge in [-0.25, -0.2) is 4.57 Å². The van der Waals surface area contributed by atoms with Crippen LogP contribution in [0.3, 0.4) is 0 Å². The summed E-state index contributed by atoms with van der Waals surface area (Å²) in [5.41, 5.74) is 5.41. The van der Waals surface area contributed by atoms with E-state index < -0.39 is 26.5 Å². The molecule has 0 radical (unpaired) electrons. The summed E-state index contributed by atoms with van der Waals surface area (Å²) in [5, 5.41) is 0. The van der Waals surface area contributed by atoms with E-state index in [9.17, 15) is 19.0 Å². The monoisotopic (exact) mass is 1170 g/mol. The summed E-state index contributed by atoms with van der Waals surface area (Å²) in [6.07, 6.45) is 81.8. The minimum Gasteiger partial charge on any atom is -0.462 e. The summed E-state index contributed by atoms with van der Waals surface area (Å²) < 4.78 is 33.2. The fourth-order valence-corrected chi connectivity index (χ4v) is 12.1. The number of carbonyl (C=O) groups is 2. The second-order valence-electron chi connectivity index (χ2n) is 24.8. The summed E-state index contributed by atoms with van der Waals surface area (Å²) in [4.78, 5) is 35.4. The van der Waals surface area contributed by atoms with Crippen molar-refractivity contribution in [3.63, 3.8) is 0 Å². The van der Waals surface area contributed by atoms with Crippen LogP contribution in [0.15, 0.2) is 12.2 Å². The Hall–Kier alpha value is -1.25. The van der Waals surface area contributed by atoms with Gasteiger partial charge in [0, 0.05) is 19.4 Å². The normalized spacial score (nSPS) is 12.9. The van der Waals surface area contributed by atoms with Gasteiger partial charge in [0.15, 0.2) is 6.10 Å². The highest BCUT2D eigenvalue weighted by Crippen LogP contribution is 2.43. The van der Waals surface area contributed by atoms with E-state index in [-0.39, 0.29) is 38.6 Å². The van der Waals surface area contributed by atoms with E-state index in [0.29, 0.717) is 6.42 Å². The molecule has 0 saturated carbocycles. The van der Waals surface area contributed by atoms with Crippen LogP contribution in [0.25, 0.3) is 0 Å². The van der Waals surface area contributed by atoms with Crippen molar-refractivity contribution in [1.82, 2.24) is 0 Å². The zero-order valence-electron chi connectivity index (χ0n) is 54.3. The average molecular weight is 1170 g/mol. The third-order valence-electron chi connectivity index (χ3n) is 16.7. The second-order valence-corrected chi connectivity index (χ2v) is 26.3. The van der Waals surface area contributed by atoms with E-state index in [1.807, 2.05) is 0 Å². The summed E-state index contributed by atoms with van der Waals surface area (Å²) in [6.45, 7) is 3.84. The van der Waals surface area contributed by atoms with Crippen LogP contribution in [0.2, 0.25) is 0 Å². The van der Waals surface area contributed by atoms with Crippen LogP contribution in [0.4, 0.5) is 0 Å². The van der Waals surface area contributed by atoms with Crippen molar-refractivity contribution in [3.05, 3.63) is 12.2 Å². The van der Waals surface area contributed by atoms with Crippen molar-refractivity contribution >= 4 is 19.8 Å². The minimum atomic E-state index is -4.39. The van der Waals surface area contributed by atoms with Crippen LogP contribution in [0.5, 0.6) is 0 Å². The molecule has 0 aliphatic heterocycles. The zero-order chi connectivity index (χ0) is 58.7. The van der Waals surface area contributed by atoms with E-state index in [2.05, 4.69) is 26.0 Å². The molecule has 81 heavy (non-hydrogen) atoms. The molecule has 3 N–H and O–H groups in total. The average Bonchev–Trinajstić information content (AvgIpc) is 3.46. The van der Waals surface area contributed by atoms with Gasteiger partial charge in [0.2, 0.25) is 0 Å². The first-order valence-corrected chi connectivity index (χ1v) is 37.7. The summed E-state index contributed by atoms with van der Waals surface area (Å²) in [7, 11) is -4.39. The maximum atomic E-state index is 12.8. The van der Waals surface area contributed by atoms with Gasteiger partial charge in [0.25, 0.3) is 0 Å². The maximum absolute atomic E-state index is 12.8. The van der Waals surface area contributed by atoms with Crippen LogP contribution in [0.1, 0.15) is 399 Å². The lowest BCUT2D eigenvalue weighted by atomic mass is 10.0. The van der Waals surface area contributed by atoms with Gasteiger partial charge in [-0.15, -0.1) is 0 Å². The van der Waals surface area contributed by atoms with Crippen molar-refractivity contribution < 1.29 is 37.6 Å². The number of unbranched alkanes of at least 4 members (excludes halogenated alkanes) is 55. The summed E-state index contributed by atoms with van der Waals surface area (Å²) >= 11 is 0. The van der Waals surface area contributed by atoms with Gasteiger partial charge >= 0.3 is 19.8 Å². The molecule has 2 atom stereocenters. The molecule has 9 nitrogen and oxygen atoms in total. The van der Waals surface area contributed by atoms with Crippen molar-refractivity contribution in [3.8, 4) is 0 Å². The topological polar surface area (TPSA) is 134 Å². The van der Waals surface area contributed by atoms with Gasteiger partial charge in [0.05, 0.1) is 13.2 Å². The van der Waals surface area contributed by atoms with Gasteiger partial charge in [-0.1, -0.05) is 360 Å². The van der Waals surface area contributed by atoms with Gasteiger partial charge in [0.1, 0.15) is 6.61 Å². The summed E-state index contributed by atoms with van der Waals surface area (Å²) in [5.74, 6) is -0.799. The molecule has 482 valence electrons. The molecule has 0 amide bonds. The van der Waals surface area contributed by atoms with E-state index >= 15 is 0 Å². The first-order chi connectivity index (χ1) is 39.8. The van der Waals surface area contributed by atoms with Crippen molar-refractivity contribution in [2.24, 2.45) is 5.73 Å². The van der Waals surface area contributed by atoms with E-state index in [0.717, 1.165) is 32.1 Å². The number of phosphoric acid groups is 1. The number of nitrogens with two attached hydrogens (primary N) is 1. The number of allylic oxidation sites excluding steroid dienone is 2. The van der Waals surface area contributed by atoms with Crippen molar-refractivity contribution in [1.29, 1.82) is 0 Å². The lowest BCUT2D eigenvalue weighted by Crippen LogP contribution is -2.29. The van der Waals surface area contributed by atoms with Crippen LogP contribution in [-0.4, -0.2) is 49.3 Å². The molecule has 0 aliphatic carbocycles. The van der Waals surface area contributed by atoms with Crippen molar-refractivity contribution in [2.45, 2.75) is 405 Å². The molecule has 0 aromatic rings. The minimum absolute atomic E-state index is 0.0580. The van der Waals surface area contributed by atoms with Gasteiger partial charge in [-0.2, -0.15) is 0 Å². The number of phosphoric ester groups is 1. The molecule has 2 unspecified atom stereocenters. The third-order valence-corrected chi connectivity index (χ3v) is 17.6. The highest BCUT2D eigenvalue weighted by Gasteiger charge is 2.26. The third kappa shape index (κ3) is 67.7. The Balaban J connectivity index is 3.79. The molecule has 0 aromatic carbocycles. The second kappa shape index (κ2) is 67.9. The first kappa shape index (κ1) is 79.8. The molecule has 0 aromatic heterocycles. The number of carbonyl (C=O) groups excluding carboxylic acids is 2. The first-order valence-electron chi connectivity index (χ1n) is 36.2. The van der Waals surface area contributed by atoms with Crippen molar-refractivity contribution in [2.75, 3.05) is 26.4 Å². The summed E-state index contributed by atoms with van der Waals surface area (Å²) in [6, 6.07) is 0. The molecular weight excluding hydrogens is 1030 g/mol. The lowest BCUT2D eigenvalue weighted by molar-refractivity contribution is -0.161. The van der Waals surface area contributed by atoms with Crippen LogP contribution in [-0.2, 0) is 32.7 Å². The molecule has 0 aliphatic rings. The number of hydrogen-bond donors (Lipinski definition) is 2. The van der Waals surface area contributed by atoms with E-state index in [1.165, 1.54) is 334 Å². The molecular formula is C71H140NO8P. The molecule has 0 heterocycles. The molecule has 0 rings (SSSR count). The van der Waals surface area contributed by atoms with E-state index in [1.54, 1.807) is 0 Å². The molecule has 10 heteroatoms. The largest absolute Gasteiger partial charge is 0.472 e. The van der Waals surface area contributed by atoms with Crippen LogP contribution in [0, 0.1) is 0 Å². The fraction of sp³-hybridized carbons (Fsp3) is 0.944. The Bertz CT molecular complexity index is 1330. The van der Waals surface area contributed by atoms with Gasteiger partial charge < -0.3 is 20.1 Å². The number of ether oxygens (including phenoxy) is 2. The fourth-order valence-electron chi connectivity index (χ4n) is 11.3.